The van der Waals surface area contributed by atoms with Crippen LogP contribution in [0.2, 0.25) is 0 Å². The van der Waals surface area contributed by atoms with Gasteiger partial charge in [-0.05, 0) is 37.1 Å². The van der Waals surface area contributed by atoms with Crippen molar-refractivity contribution < 1.29 is 14.7 Å². The maximum Gasteiger partial charge on any atom is 0.311 e. The van der Waals surface area contributed by atoms with Crippen LogP contribution in [0.4, 0.5) is 0 Å². The lowest BCUT2D eigenvalue weighted by molar-refractivity contribution is -0.147. The van der Waals surface area contributed by atoms with Crippen molar-refractivity contribution in [2.75, 3.05) is 12.3 Å². The number of nitrogens with one attached hydrogen (secondary N) is 1. The van der Waals surface area contributed by atoms with E-state index in [9.17, 15) is 14.7 Å². The third kappa shape index (κ3) is 3.17. The topological polar surface area (TPSA) is 66.4 Å². The molecule has 0 bridgehead atoms. The number of fused-ring (bicyclic) bond motifs is 1. The van der Waals surface area contributed by atoms with Crippen molar-refractivity contribution in [3.05, 3.63) is 21.4 Å². The normalized spacial score (nSPS) is 17.1. The van der Waals surface area contributed by atoms with E-state index in [-0.39, 0.29) is 12.5 Å². The molecule has 2 N–H and O–H groups in total. The first kappa shape index (κ1) is 15.4. The number of thiophene rings is 1. The largest absolute Gasteiger partial charge is 0.481 e. The summed E-state index contributed by atoms with van der Waals surface area (Å²) >= 11 is 3.42. The van der Waals surface area contributed by atoms with Gasteiger partial charge in [0, 0.05) is 17.2 Å². The van der Waals surface area contributed by atoms with Crippen LogP contribution in [-0.4, -0.2) is 29.3 Å². The van der Waals surface area contributed by atoms with E-state index >= 15 is 0 Å². The number of carboxylic acids is 1. The molecule has 0 aliphatic carbocycles. The third-order valence-corrected chi connectivity index (χ3v) is 6.03. The highest BCUT2D eigenvalue weighted by Gasteiger charge is 2.31. The quantitative estimate of drug-likeness (QED) is 0.877. The second-order valence-electron chi connectivity index (χ2n) is 5.26. The molecule has 2 rings (SSSR count). The van der Waals surface area contributed by atoms with Gasteiger partial charge in [-0.25, -0.2) is 0 Å². The first-order chi connectivity index (χ1) is 9.46. The monoisotopic (exact) mass is 313 g/mol. The lowest BCUT2D eigenvalue weighted by atomic mass is 9.88. The van der Waals surface area contributed by atoms with Gasteiger partial charge in [0.25, 0.3) is 5.91 Å². The molecule has 4 nitrogen and oxygen atoms in total. The number of rotatable bonds is 5. The van der Waals surface area contributed by atoms with Crippen molar-refractivity contribution in [3.63, 3.8) is 0 Å². The SMILES string of the molecule is CCC(C)(CNC(=O)c1cc2c(s1)CCSC2)C(=O)O. The number of carbonyl (C=O) groups excluding carboxylic acids is 1. The van der Waals surface area contributed by atoms with Gasteiger partial charge in [-0.3, -0.25) is 9.59 Å². The minimum absolute atomic E-state index is 0.157. The fourth-order valence-electron chi connectivity index (χ4n) is 1.97. The molecule has 1 amide bonds. The molecule has 0 spiro atoms. The van der Waals surface area contributed by atoms with Crippen LogP contribution in [0.5, 0.6) is 0 Å². The minimum atomic E-state index is -0.900. The van der Waals surface area contributed by atoms with E-state index in [2.05, 4.69) is 5.32 Å². The summed E-state index contributed by atoms with van der Waals surface area (Å²) in [6.45, 7) is 3.64. The van der Waals surface area contributed by atoms with Crippen LogP contribution in [0.15, 0.2) is 6.07 Å². The summed E-state index contributed by atoms with van der Waals surface area (Å²) in [5, 5.41) is 12.0. The van der Waals surface area contributed by atoms with Gasteiger partial charge in [0.05, 0.1) is 10.3 Å². The molecular weight excluding hydrogens is 294 g/mol. The molecule has 2 heterocycles. The maximum absolute atomic E-state index is 12.1. The molecule has 0 aromatic carbocycles. The fraction of sp³-hybridized carbons (Fsp3) is 0.571. The number of aliphatic carboxylic acids is 1. The van der Waals surface area contributed by atoms with Crippen LogP contribution in [0.25, 0.3) is 0 Å². The van der Waals surface area contributed by atoms with Gasteiger partial charge in [-0.1, -0.05) is 6.92 Å². The Bertz CT molecular complexity index is 503. The zero-order valence-electron chi connectivity index (χ0n) is 11.7. The first-order valence-corrected chi connectivity index (χ1v) is 8.64. The van der Waals surface area contributed by atoms with Crippen LogP contribution in [-0.2, 0) is 17.0 Å². The molecule has 1 aromatic heterocycles. The van der Waals surface area contributed by atoms with Crippen molar-refractivity contribution in [1.29, 1.82) is 0 Å². The van der Waals surface area contributed by atoms with Crippen molar-refractivity contribution >= 4 is 35.0 Å². The number of thioether (sulfide) groups is 1. The summed E-state index contributed by atoms with van der Waals surface area (Å²) < 4.78 is 0. The van der Waals surface area contributed by atoms with Gasteiger partial charge in [0.1, 0.15) is 0 Å². The molecule has 1 atom stereocenters. The predicted octanol–water partition coefficient (Wildman–Crippen LogP) is 2.77. The molecule has 0 fully saturated rings. The molecule has 1 aliphatic rings. The first-order valence-electron chi connectivity index (χ1n) is 6.67. The van der Waals surface area contributed by atoms with Gasteiger partial charge in [0.2, 0.25) is 0 Å². The highest BCUT2D eigenvalue weighted by Crippen LogP contribution is 2.31. The summed E-state index contributed by atoms with van der Waals surface area (Å²) in [7, 11) is 0. The van der Waals surface area contributed by atoms with Crippen LogP contribution >= 0.6 is 23.1 Å². The number of hydrogen-bond donors (Lipinski definition) is 2. The molecule has 110 valence electrons. The van der Waals surface area contributed by atoms with Crippen LogP contribution in [0, 0.1) is 5.41 Å². The highest BCUT2D eigenvalue weighted by molar-refractivity contribution is 7.98. The van der Waals surface area contributed by atoms with Crippen molar-refractivity contribution in [2.24, 2.45) is 5.41 Å². The Morgan fingerprint density at radius 2 is 2.25 bits per heavy atom. The van der Waals surface area contributed by atoms with Crippen molar-refractivity contribution in [2.45, 2.75) is 32.4 Å². The Kier molecular flexibility index (Phi) is 4.75. The van der Waals surface area contributed by atoms with Gasteiger partial charge >= 0.3 is 5.97 Å². The molecule has 6 heteroatoms. The van der Waals surface area contributed by atoms with E-state index in [1.807, 2.05) is 24.8 Å². The van der Waals surface area contributed by atoms with E-state index in [1.165, 1.54) is 21.8 Å². The van der Waals surface area contributed by atoms with Gasteiger partial charge in [-0.2, -0.15) is 11.8 Å². The van der Waals surface area contributed by atoms with E-state index in [4.69, 9.17) is 0 Å². The average Bonchev–Trinajstić information content (AvgIpc) is 2.88. The van der Waals surface area contributed by atoms with Crippen molar-refractivity contribution in [3.8, 4) is 0 Å². The molecule has 0 radical (unpaired) electrons. The number of carbonyl (C=O) groups is 2. The lowest BCUT2D eigenvalue weighted by Crippen LogP contribution is -2.40. The molecular formula is C14H19NO3S2. The van der Waals surface area contributed by atoms with Crippen LogP contribution in [0.3, 0.4) is 0 Å². The van der Waals surface area contributed by atoms with E-state index < -0.39 is 11.4 Å². The van der Waals surface area contributed by atoms with Crippen molar-refractivity contribution in [1.82, 2.24) is 5.32 Å². The second kappa shape index (κ2) is 6.18. The number of aryl methyl sites for hydroxylation is 1. The van der Waals surface area contributed by atoms with E-state index in [1.54, 1.807) is 6.92 Å². The molecule has 1 unspecified atom stereocenters. The Balaban J connectivity index is 2.02. The smallest absolute Gasteiger partial charge is 0.311 e. The Labute approximate surface area is 127 Å². The zero-order valence-corrected chi connectivity index (χ0v) is 13.3. The summed E-state index contributed by atoms with van der Waals surface area (Å²) in [6.07, 6.45) is 1.51. The summed E-state index contributed by atoms with van der Waals surface area (Å²) in [5.74, 6) is 1.06. The molecule has 1 aromatic rings. The summed E-state index contributed by atoms with van der Waals surface area (Å²) in [6, 6.07) is 1.95. The number of hydrogen-bond acceptors (Lipinski definition) is 4. The minimum Gasteiger partial charge on any atom is -0.481 e. The summed E-state index contributed by atoms with van der Waals surface area (Å²) in [4.78, 5) is 25.3. The second-order valence-corrected chi connectivity index (χ2v) is 7.51. The highest BCUT2D eigenvalue weighted by atomic mass is 32.2. The van der Waals surface area contributed by atoms with Gasteiger partial charge in [0.15, 0.2) is 0 Å². The number of amides is 1. The molecule has 0 saturated heterocycles. The Morgan fingerprint density at radius 3 is 2.85 bits per heavy atom. The zero-order chi connectivity index (χ0) is 14.8. The Morgan fingerprint density at radius 1 is 1.50 bits per heavy atom. The molecule has 0 saturated carbocycles. The predicted molar refractivity (Wildman–Crippen MR) is 82.6 cm³/mol. The summed E-state index contributed by atoms with van der Waals surface area (Å²) in [5.41, 5.74) is 0.357. The molecule has 1 aliphatic heterocycles. The fourth-order valence-corrected chi connectivity index (χ4v) is 4.26. The lowest BCUT2D eigenvalue weighted by Gasteiger charge is -2.22. The average molecular weight is 313 g/mol. The van der Waals surface area contributed by atoms with Crippen LogP contribution < -0.4 is 5.32 Å². The maximum atomic E-state index is 12.1. The van der Waals surface area contributed by atoms with Crippen LogP contribution in [0.1, 0.15) is 40.4 Å². The Hall–Kier alpha value is -1.01. The van der Waals surface area contributed by atoms with Gasteiger partial charge in [-0.15, -0.1) is 11.3 Å². The van der Waals surface area contributed by atoms with E-state index in [0.717, 1.165) is 17.9 Å². The molecule has 20 heavy (non-hydrogen) atoms. The standard InChI is InChI=1S/C14H19NO3S2/c1-3-14(2,13(17)18)8-15-12(16)11-6-9-7-19-5-4-10(9)20-11/h6H,3-5,7-8H2,1-2H3,(H,15,16)(H,17,18). The number of carboxylic acid groups (broad SMARTS) is 1. The van der Waals surface area contributed by atoms with E-state index in [0.29, 0.717) is 11.3 Å². The third-order valence-electron chi connectivity index (χ3n) is 3.79. The van der Waals surface area contributed by atoms with Gasteiger partial charge < -0.3 is 10.4 Å².